The van der Waals surface area contributed by atoms with Crippen molar-refractivity contribution < 1.29 is 19.0 Å². The van der Waals surface area contributed by atoms with E-state index in [-0.39, 0.29) is 12.4 Å². The van der Waals surface area contributed by atoms with Crippen LogP contribution in [0.25, 0.3) is 0 Å². The third kappa shape index (κ3) is 5.38. The van der Waals surface area contributed by atoms with Crippen molar-refractivity contribution in [3.8, 4) is 11.5 Å². The maximum Gasteiger partial charge on any atom is 0.311 e. The van der Waals surface area contributed by atoms with Crippen molar-refractivity contribution in [1.82, 2.24) is 4.98 Å². The smallest absolute Gasteiger partial charge is 0.311 e. The normalized spacial score (nSPS) is 13.7. The molecule has 1 fully saturated rings. The Kier molecular flexibility index (Phi) is 7.29. The number of rotatable bonds is 9. The SMILES string of the molecule is CCOC(=O)Cc1csc(NN=Cc2cc(OC)c(N3CCCC3)cc2OC)n1. The summed E-state index contributed by atoms with van der Waals surface area (Å²) in [6.45, 7) is 4.18. The number of nitrogens with one attached hydrogen (secondary N) is 1. The van der Waals surface area contributed by atoms with Crippen LogP contribution in [0.1, 0.15) is 31.0 Å². The van der Waals surface area contributed by atoms with E-state index in [0.717, 1.165) is 35.8 Å². The van der Waals surface area contributed by atoms with Crippen LogP contribution in [-0.4, -0.2) is 51.1 Å². The summed E-state index contributed by atoms with van der Waals surface area (Å²) < 4.78 is 16.1. The summed E-state index contributed by atoms with van der Waals surface area (Å²) >= 11 is 1.38. The predicted molar refractivity (Wildman–Crippen MR) is 115 cm³/mol. The van der Waals surface area contributed by atoms with Gasteiger partial charge in [0.15, 0.2) is 0 Å². The van der Waals surface area contributed by atoms with E-state index < -0.39 is 0 Å². The summed E-state index contributed by atoms with van der Waals surface area (Å²) in [5, 5.41) is 6.67. The summed E-state index contributed by atoms with van der Waals surface area (Å²) in [5.74, 6) is 1.23. The second-order valence-corrected chi connectivity index (χ2v) is 7.31. The average molecular weight is 419 g/mol. The number of thiazole rings is 1. The summed E-state index contributed by atoms with van der Waals surface area (Å²) in [5.41, 5.74) is 5.38. The summed E-state index contributed by atoms with van der Waals surface area (Å²) in [4.78, 5) is 18.2. The monoisotopic (exact) mass is 418 g/mol. The molecule has 9 heteroatoms. The number of hydrazone groups is 1. The molecule has 2 aromatic rings. The molecular weight excluding hydrogens is 392 g/mol. The molecule has 1 aromatic carbocycles. The van der Waals surface area contributed by atoms with Gasteiger partial charge in [-0.1, -0.05) is 0 Å². The molecule has 0 saturated carbocycles. The minimum Gasteiger partial charge on any atom is -0.496 e. The molecule has 8 nitrogen and oxygen atoms in total. The first kappa shape index (κ1) is 20.9. The van der Waals surface area contributed by atoms with E-state index in [1.165, 1.54) is 24.2 Å². The fraction of sp³-hybridized carbons (Fsp3) is 0.450. The molecule has 1 aliphatic rings. The minimum absolute atomic E-state index is 0.152. The molecule has 0 bridgehead atoms. The van der Waals surface area contributed by atoms with Crippen molar-refractivity contribution >= 4 is 34.3 Å². The summed E-state index contributed by atoms with van der Waals surface area (Å²) in [7, 11) is 3.31. The third-order valence-electron chi connectivity index (χ3n) is 4.52. The molecule has 0 radical (unpaired) electrons. The van der Waals surface area contributed by atoms with Crippen LogP contribution in [0.2, 0.25) is 0 Å². The lowest BCUT2D eigenvalue weighted by Crippen LogP contribution is -2.18. The minimum atomic E-state index is -0.289. The fourth-order valence-electron chi connectivity index (χ4n) is 3.17. The largest absolute Gasteiger partial charge is 0.496 e. The number of benzene rings is 1. The van der Waals surface area contributed by atoms with E-state index >= 15 is 0 Å². The van der Waals surface area contributed by atoms with Crippen molar-refractivity contribution in [1.29, 1.82) is 0 Å². The maximum absolute atomic E-state index is 11.5. The highest BCUT2D eigenvalue weighted by Gasteiger charge is 2.19. The first-order valence-corrected chi connectivity index (χ1v) is 10.4. The fourth-order valence-corrected chi connectivity index (χ4v) is 3.83. The molecule has 0 spiro atoms. The van der Waals surface area contributed by atoms with Crippen molar-refractivity contribution in [2.75, 3.05) is 44.2 Å². The van der Waals surface area contributed by atoms with Gasteiger partial charge in [0.1, 0.15) is 11.5 Å². The highest BCUT2D eigenvalue weighted by molar-refractivity contribution is 7.13. The van der Waals surface area contributed by atoms with E-state index in [1.54, 1.807) is 27.4 Å². The lowest BCUT2D eigenvalue weighted by Gasteiger charge is -2.22. The highest BCUT2D eigenvalue weighted by Crippen LogP contribution is 2.36. The van der Waals surface area contributed by atoms with Gasteiger partial charge < -0.3 is 19.1 Å². The molecule has 1 saturated heterocycles. The zero-order chi connectivity index (χ0) is 20.6. The Labute approximate surface area is 174 Å². The van der Waals surface area contributed by atoms with Gasteiger partial charge in [-0.3, -0.25) is 10.2 Å². The molecule has 0 atom stereocenters. The Morgan fingerprint density at radius 3 is 2.72 bits per heavy atom. The van der Waals surface area contributed by atoms with Crippen LogP contribution in [0.15, 0.2) is 22.6 Å². The summed E-state index contributed by atoms with van der Waals surface area (Å²) in [6.07, 6.45) is 4.19. The lowest BCUT2D eigenvalue weighted by molar-refractivity contribution is -0.142. The number of methoxy groups -OCH3 is 2. The molecule has 1 N–H and O–H groups in total. The molecule has 0 unspecified atom stereocenters. The number of carbonyl (C=O) groups is 1. The van der Waals surface area contributed by atoms with Crippen LogP contribution in [0, 0.1) is 0 Å². The van der Waals surface area contributed by atoms with Gasteiger partial charge in [0.25, 0.3) is 0 Å². The Balaban J connectivity index is 1.70. The van der Waals surface area contributed by atoms with E-state index in [4.69, 9.17) is 14.2 Å². The number of aromatic nitrogens is 1. The van der Waals surface area contributed by atoms with Gasteiger partial charge in [-0.05, 0) is 25.8 Å². The molecular formula is C20H26N4O4S. The number of ether oxygens (including phenoxy) is 3. The van der Waals surface area contributed by atoms with E-state index in [2.05, 4.69) is 20.4 Å². The zero-order valence-electron chi connectivity index (χ0n) is 16.9. The molecule has 1 aromatic heterocycles. The predicted octanol–water partition coefficient (Wildman–Crippen LogP) is 3.31. The topological polar surface area (TPSA) is 85.3 Å². The number of hydrogen-bond acceptors (Lipinski definition) is 9. The first-order chi connectivity index (χ1) is 14.1. The Bertz CT molecular complexity index is 862. The van der Waals surface area contributed by atoms with Crippen LogP contribution < -0.4 is 19.8 Å². The third-order valence-corrected chi connectivity index (χ3v) is 5.32. The van der Waals surface area contributed by atoms with Gasteiger partial charge >= 0.3 is 5.97 Å². The number of esters is 1. The van der Waals surface area contributed by atoms with Gasteiger partial charge in [0.2, 0.25) is 5.13 Å². The molecule has 2 heterocycles. The van der Waals surface area contributed by atoms with E-state index in [9.17, 15) is 4.79 Å². The van der Waals surface area contributed by atoms with E-state index in [1.807, 2.05) is 17.5 Å². The number of carbonyl (C=O) groups excluding carboxylic acids is 1. The summed E-state index contributed by atoms with van der Waals surface area (Å²) in [6, 6.07) is 3.91. The van der Waals surface area contributed by atoms with Crippen LogP contribution in [0.5, 0.6) is 11.5 Å². The lowest BCUT2D eigenvalue weighted by atomic mass is 10.1. The van der Waals surface area contributed by atoms with Crippen LogP contribution in [0.3, 0.4) is 0 Å². The van der Waals surface area contributed by atoms with Gasteiger partial charge in [0, 0.05) is 30.1 Å². The van der Waals surface area contributed by atoms with Crippen molar-refractivity contribution in [2.24, 2.45) is 5.10 Å². The van der Waals surface area contributed by atoms with Crippen LogP contribution >= 0.6 is 11.3 Å². The Morgan fingerprint density at radius 1 is 1.28 bits per heavy atom. The van der Waals surface area contributed by atoms with Crippen LogP contribution in [0.4, 0.5) is 10.8 Å². The van der Waals surface area contributed by atoms with Gasteiger partial charge in [0.05, 0.1) is 44.8 Å². The Hall–Kier alpha value is -2.81. The Morgan fingerprint density at radius 2 is 2.03 bits per heavy atom. The van der Waals surface area contributed by atoms with Crippen LogP contribution in [-0.2, 0) is 16.0 Å². The maximum atomic E-state index is 11.5. The molecule has 29 heavy (non-hydrogen) atoms. The molecule has 0 amide bonds. The average Bonchev–Trinajstić information content (AvgIpc) is 3.40. The van der Waals surface area contributed by atoms with Crippen molar-refractivity contribution in [2.45, 2.75) is 26.2 Å². The second-order valence-electron chi connectivity index (χ2n) is 6.46. The number of anilines is 2. The van der Waals surface area contributed by atoms with Gasteiger partial charge in [-0.15, -0.1) is 11.3 Å². The number of nitrogens with zero attached hydrogens (tertiary/aromatic N) is 3. The van der Waals surface area contributed by atoms with Crippen molar-refractivity contribution in [3.05, 3.63) is 28.8 Å². The molecule has 3 rings (SSSR count). The highest BCUT2D eigenvalue weighted by atomic mass is 32.1. The molecule has 156 valence electrons. The molecule has 0 aliphatic carbocycles. The number of hydrogen-bond donors (Lipinski definition) is 1. The van der Waals surface area contributed by atoms with Gasteiger partial charge in [-0.2, -0.15) is 5.10 Å². The second kappa shape index (κ2) is 10.1. The quantitative estimate of drug-likeness (QED) is 0.380. The van der Waals surface area contributed by atoms with E-state index in [0.29, 0.717) is 17.4 Å². The zero-order valence-corrected chi connectivity index (χ0v) is 17.8. The van der Waals surface area contributed by atoms with Crippen molar-refractivity contribution in [3.63, 3.8) is 0 Å². The standard InChI is InChI=1S/C20H26N4O4S/c1-4-28-19(25)10-15-13-29-20(22-15)23-21-12-14-9-18(27-3)16(11-17(14)26-2)24-7-5-6-8-24/h9,11-13H,4-8,10H2,1-3H3,(H,22,23). The first-order valence-electron chi connectivity index (χ1n) is 9.54. The molecule has 1 aliphatic heterocycles. The van der Waals surface area contributed by atoms with Gasteiger partial charge in [-0.25, -0.2) is 4.98 Å².